The Morgan fingerprint density at radius 1 is 1.39 bits per heavy atom. The van der Waals surface area contributed by atoms with Gasteiger partial charge in [-0.1, -0.05) is 0 Å². The van der Waals surface area contributed by atoms with Crippen LogP contribution >= 0.6 is 0 Å². The predicted octanol–water partition coefficient (Wildman–Crippen LogP) is 1.95. The second kappa shape index (κ2) is 6.27. The van der Waals surface area contributed by atoms with Crippen LogP contribution in [0.25, 0.3) is 0 Å². The zero-order chi connectivity index (χ0) is 16.2. The molecular formula is C15H14N6O2. The Labute approximate surface area is 132 Å². The smallest absolute Gasteiger partial charge is 0.287 e. The fraction of sp³-hybridized carbons (Fsp3) is 0.267. The number of rotatable bonds is 4. The highest BCUT2D eigenvalue weighted by Crippen LogP contribution is 2.23. The maximum Gasteiger partial charge on any atom is 0.287 e. The van der Waals surface area contributed by atoms with Gasteiger partial charge in [-0.3, -0.25) is 10.1 Å². The zero-order valence-corrected chi connectivity index (χ0v) is 12.2. The number of hydrogen-bond acceptors (Lipinski definition) is 7. The van der Waals surface area contributed by atoms with Crippen molar-refractivity contribution in [1.29, 1.82) is 5.26 Å². The molecule has 0 radical (unpaired) electrons. The molecule has 0 bridgehead atoms. The Bertz CT molecular complexity index is 755. The van der Waals surface area contributed by atoms with E-state index >= 15 is 0 Å². The standard InChI is InChI=1S/C15H14N6O2/c16-8-11-2-1-6-17-15(11)20-7-5-12(10-20)19-14-4-3-13(9-18-14)21(22)23/h1-4,6,9,12H,5,7,10H2,(H,18,19)/t12-/m1/s1. The third kappa shape index (κ3) is 3.18. The van der Waals surface area contributed by atoms with Gasteiger partial charge in [0, 0.05) is 31.4 Å². The molecule has 1 aliphatic heterocycles. The summed E-state index contributed by atoms with van der Waals surface area (Å²) in [5.41, 5.74) is 0.525. The molecule has 1 saturated heterocycles. The number of hydrogen-bond donors (Lipinski definition) is 1. The van der Waals surface area contributed by atoms with Gasteiger partial charge < -0.3 is 10.2 Å². The Hall–Kier alpha value is -3.21. The predicted molar refractivity (Wildman–Crippen MR) is 84.1 cm³/mol. The van der Waals surface area contributed by atoms with E-state index in [-0.39, 0.29) is 11.7 Å². The first kappa shape index (κ1) is 14.7. The van der Waals surface area contributed by atoms with Crippen molar-refractivity contribution in [3.05, 3.63) is 52.3 Å². The molecule has 8 heteroatoms. The highest BCUT2D eigenvalue weighted by molar-refractivity contribution is 5.55. The van der Waals surface area contributed by atoms with Gasteiger partial charge in [-0.2, -0.15) is 5.26 Å². The fourth-order valence-corrected chi connectivity index (χ4v) is 2.60. The second-order valence-electron chi connectivity index (χ2n) is 5.22. The largest absolute Gasteiger partial charge is 0.365 e. The average molecular weight is 310 g/mol. The van der Waals surface area contributed by atoms with Crippen molar-refractivity contribution in [2.24, 2.45) is 0 Å². The average Bonchev–Trinajstić information content (AvgIpc) is 3.03. The van der Waals surface area contributed by atoms with Gasteiger partial charge in [0.2, 0.25) is 0 Å². The van der Waals surface area contributed by atoms with Crippen molar-refractivity contribution in [2.45, 2.75) is 12.5 Å². The molecule has 1 atom stereocenters. The van der Waals surface area contributed by atoms with Crippen LogP contribution in [0.15, 0.2) is 36.7 Å². The Morgan fingerprint density at radius 3 is 2.96 bits per heavy atom. The van der Waals surface area contributed by atoms with Crippen molar-refractivity contribution in [2.75, 3.05) is 23.3 Å². The quantitative estimate of drug-likeness (QED) is 0.679. The van der Waals surface area contributed by atoms with Gasteiger partial charge in [-0.05, 0) is 24.6 Å². The van der Waals surface area contributed by atoms with Gasteiger partial charge in [0.05, 0.1) is 10.5 Å². The second-order valence-corrected chi connectivity index (χ2v) is 5.22. The summed E-state index contributed by atoms with van der Waals surface area (Å²) in [6.07, 6.45) is 3.79. The van der Waals surface area contributed by atoms with Gasteiger partial charge in [-0.15, -0.1) is 0 Å². The molecule has 23 heavy (non-hydrogen) atoms. The Morgan fingerprint density at radius 2 is 2.26 bits per heavy atom. The van der Waals surface area contributed by atoms with Crippen molar-refractivity contribution in [3.8, 4) is 6.07 Å². The van der Waals surface area contributed by atoms with Crippen LogP contribution in [0.1, 0.15) is 12.0 Å². The molecule has 1 N–H and O–H groups in total. The first-order valence-electron chi connectivity index (χ1n) is 7.14. The first-order chi connectivity index (χ1) is 11.2. The van der Waals surface area contributed by atoms with Gasteiger partial charge in [0.15, 0.2) is 0 Å². The molecule has 0 unspecified atom stereocenters. The number of anilines is 2. The highest BCUT2D eigenvalue weighted by Gasteiger charge is 2.25. The van der Waals surface area contributed by atoms with E-state index in [9.17, 15) is 10.1 Å². The molecule has 1 aliphatic rings. The maximum absolute atomic E-state index is 10.6. The topological polar surface area (TPSA) is 108 Å². The van der Waals surface area contributed by atoms with Crippen LogP contribution in [-0.4, -0.2) is 34.0 Å². The van der Waals surface area contributed by atoms with Crippen LogP contribution in [0, 0.1) is 21.4 Å². The van der Waals surface area contributed by atoms with E-state index in [2.05, 4.69) is 26.3 Å². The van der Waals surface area contributed by atoms with Crippen molar-refractivity contribution >= 4 is 17.3 Å². The van der Waals surface area contributed by atoms with Crippen LogP contribution in [0.3, 0.4) is 0 Å². The summed E-state index contributed by atoms with van der Waals surface area (Å²) in [4.78, 5) is 20.6. The van der Waals surface area contributed by atoms with Crippen molar-refractivity contribution in [1.82, 2.24) is 9.97 Å². The minimum Gasteiger partial charge on any atom is -0.365 e. The van der Waals surface area contributed by atoms with Crippen LogP contribution in [0.2, 0.25) is 0 Å². The fourth-order valence-electron chi connectivity index (χ4n) is 2.60. The molecule has 3 rings (SSSR count). The van der Waals surface area contributed by atoms with E-state index < -0.39 is 4.92 Å². The minimum atomic E-state index is -0.474. The lowest BCUT2D eigenvalue weighted by Crippen LogP contribution is -2.27. The maximum atomic E-state index is 10.6. The van der Waals surface area contributed by atoms with Crippen LogP contribution in [0.4, 0.5) is 17.3 Å². The van der Waals surface area contributed by atoms with Gasteiger partial charge in [0.25, 0.3) is 5.69 Å². The summed E-state index contributed by atoms with van der Waals surface area (Å²) in [5.74, 6) is 1.29. The zero-order valence-electron chi connectivity index (χ0n) is 12.2. The number of nitro groups is 1. The van der Waals surface area contributed by atoms with E-state index in [0.29, 0.717) is 23.7 Å². The molecule has 116 valence electrons. The number of aromatic nitrogens is 2. The molecule has 2 aromatic heterocycles. The lowest BCUT2D eigenvalue weighted by atomic mass is 10.2. The summed E-state index contributed by atoms with van der Waals surface area (Å²) >= 11 is 0. The molecule has 0 aliphatic carbocycles. The molecule has 2 aromatic rings. The number of pyridine rings is 2. The molecule has 0 aromatic carbocycles. The summed E-state index contributed by atoms with van der Waals surface area (Å²) in [7, 11) is 0. The van der Waals surface area contributed by atoms with E-state index in [1.54, 1.807) is 24.4 Å². The van der Waals surface area contributed by atoms with E-state index in [0.717, 1.165) is 13.0 Å². The SMILES string of the molecule is N#Cc1cccnc1N1CC[C@@H](Nc2ccc([N+](=O)[O-])cn2)C1. The van der Waals surface area contributed by atoms with Crippen LogP contribution in [-0.2, 0) is 0 Å². The molecular weight excluding hydrogens is 296 g/mol. The van der Waals surface area contributed by atoms with Crippen molar-refractivity contribution < 1.29 is 4.92 Å². The monoisotopic (exact) mass is 310 g/mol. The summed E-state index contributed by atoms with van der Waals surface area (Å²) in [5, 5.41) is 23.0. The normalized spacial score (nSPS) is 16.8. The summed E-state index contributed by atoms with van der Waals surface area (Å²) < 4.78 is 0. The van der Waals surface area contributed by atoms with E-state index in [4.69, 9.17) is 5.26 Å². The molecule has 0 amide bonds. The number of nitrogens with zero attached hydrogens (tertiary/aromatic N) is 5. The molecule has 3 heterocycles. The number of nitrogens with one attached hydrogen (secondary N) is 1. The summed E-state index contributed by atoms with van der Waals surface area (Å²) in [6, 6.07) is 8.82. The summed E-state index contributed by atoms with van der Waals surface area (Å²) in [6.45, 7) is 1.49. The van der Waals surface area contributed by atoms with Crippen molar-refractivity contribution in [3.63, 3.8) is 0 Å². The van der Waals surface area contributed by atoms with Gasteiger partial charge in [0.1, 0.15) is 23.9 Å². The Balaban J connectivity index is 1.66. The third-order valence-electron chi connectivity index (χ3n) is 3.71. The number of nitriles is 1. The highest BCUT2D eigenvalue weighted by atomic mass is 16.6. The first-order valence-corrected chi connectivity index (χ1v) is 7.14. The van der Waals surface area contributed by atoms with Gasteiger partial charge in [-0.25, -0.2) is 9.97 Å². The van der Waals surface area contributed by atoms with Gasteiger partial charge >= 0.3 is 0 Å². The molecule has 0 saturated carbocycles. The minimum absolute atomic E-state index is 0.0317. The molecule has 1 fully saturated rings. The van der Waals surface area contributed by atoms with Crippen LogP contribution in [0.5, 0.6) is 0 Å². The Kier molecular flexibility index (Phi) is 4.01. The molecule has 0 spiro atoms. The molecule has 8 nitrogen and oxygen atoms in total. The third-order valence-corrected chi connectivity index (χ3v) is 3.71. The lowest BCUT2D eigenvalue weighted by molar-refractivity contribution is -0.385. The van der Waals surface area contributed by atoms with E-state index in [1.807, 2.05) is 0 Å². The van der Waals surface area contributed by atoms with E-state index in [1.165, 1.54) is 12.3 Å². The van der Waals surface area contributed by atoms with Crippen LogP contribution < -0.4 is 10.2 Å². The lowest BCUT2D eigenvalue weighted by Gasteiger charge is -2.19.